The van der Waals surface area contributed by atoms with E-state index >= 15 is 0 Å². The van der Waals surface area contributed by atoms with Crippen LogP contribution in [0.25, 0.3) is 0 Å². The molecule has 3 heterocycles. The van der Waals surface area contributed by atoms with Gasteiger partial charge >= 0.3 is 16.1 Å². The number of aliphatic carboxylic acids is 1. The number of tetrazole rings is 1. The highest BCUT2D eigenvalue weighted by atomic mass is 32.2. The second-order valence-corrected chi connectivity index (χ2v) is 8.01. The van der Waals surface area contributed by atoms with Crippen LogP contribution < -0.4 is 5.32 Å². The van der Waals surface area contributed by atoms with Gasteiger partial charge in [0.15, 0.2) is 11.5 Å². The van der Waals surface area contributed by atoms with E-state index in [4.69, 9.17) is 0 Å². The van der Waals surface area contributed by atoms with Gasteiger partial charge in [0.05, 0.1) is 12.0 Å². The number of aromatic nitrogens is 4. The second-order valence-electron chi connectivity index (χ2n) is 5.33. The number of β-lactam (4-membered cyclic amide) rings is 1. The largest absolute Gasteiger partial charge is 0.476 e. The first kappa shape index (κ1) is 18.1. The highest BCUT2D eigenvalue weighted by Crippen LogP contribution is 2.40. The van der Waals surface area contributed by atoms with Crippen molar-refractivity contribution in [2.75, 3.05) is 12.0 Å². The molecule has 140 valence electrons. The zero-order valence-corrected chi connectivity index (χ0v) is 14.7. The number of amides is 2. The van der Waals surface area contributed by atoms with Gasteiger partial charge in [0.1, 0.15) is 24.3 Å². The number of carboxylic acids is 1. The van der Waals surface area contributed by atoms with Crippen molar-refractivity contribution < 1.29 is 32.1 Å². The Morgan fingerprint density at radius 3 is 2.81 bits per heavy atom. The highest BCUT2D eigenvalue weighted by molar-refractivity contribution is 8.00. The Labute approximate surface area is 150 Å². The lowest BCUT2D eigenvalue weighted by Gasteiger charge is -2.48. The summed E-state index contributed by atoms with van der Waals surface area (Å²) in [4.78, 5) is 36.6. The quantitative estimate of drug-likeness (QED) is 0.374. The molecule has 15 heteroatoms. The number of carboxylic acid groups (broad SMARTS) is 1. The third kappa shape index (κ3) is 3.48. The van der Waals surface area contributed by atoms with E-state index in [0.717, 1.165) is 27.6 Å². The Bertz CT molecular complexity index is 896. The molecule has 1 aromatic rings. The van der Waals surface area contributed by atoms with Crippen molar-refractivity contribution in [3.05, 3.63) is 17.8 Å². The van der Waals surface area contributed by atoms with Crippen molar-refractivity contribution in [3.8, 4) is 0 Å². The van der Waals surface area contributed by atoms with E-state index in [1.807, 2.05) is 0 Å². The number of fused-ring (bicyclic) bond motifs is 1. The van der Waals surface area contributed by atoms with E-state index in [1.54, 1.807) is 0 Å². The molecule has 2 amide bonds. The minimum absolute atomic E-state index is 0.0808. The molecule has 13 nitrogen and oxygen atoms in total. The Kier molecular flexibility index (Phi) is 4.57. The topological polar surface area (TPSA) is 174 Å². The monoisotopic (exact) mass is 404 g/mol. The Balaban J connectivity index is 1.74. The van der Waals surface area contributed by atoms with Gasteiger partial charge in [-0.15, -0.1) is 16.9 Å². The van der Waals surface area contributed by atoms with Crippen molar-refractivity contribution >= 4 is 39.7 Å². The fourth-order valence-corrected chi connectivity index (χ4v) is 4.29. The first-order chi connectivity index (χ1) is 12.2. The van der Waals surface area contributed by atoms with E-state index in [2.05, 4.69) is 25.0 Å². The number of carbonyl (C=O) groups excluding carboxylic acids is 2. The van der Waals surface area contributed by atoms with E-state index in [9.17, 15) is 27.9 Å². The molecule has 1 unspecified atom stereocenters. The summed E-state index contributed by atoms with van der Waals surface area (Å²) in [6, 6.07) is -0.946. The maximum Gasteiger partial charge on any atom is 0.356 e. The minimum Gasteiger partial charge on any atom is -0.476 e. The molecule has 0 aliphatic carbocycles. The van der Waals surface area contributed by atoms with Crippen LogP contribution in [0.5, 0.6) is 0 Å². The first-order valence-electron chi connectivity index (χ1n) is 6.98. The fraction of sp³-hybridized carbons (Fsp3) is 0.455. The molecule has 0 spiro atoms. The molecule has 0 bridgehead atoms. The molecular formula is C11H12N6O7S2. The molecule has 2 aliphatic heterocycles. The normalized spacial score (nSPS) is 22.5. The summed E-state index contributed by atoms with van der Waals surface area (Å²) < 4.78 is 28.4. The average Bonchev–Trinajstić information content (AvgIpc) is 3.03. The predicted octanol–water partition coefficient (Wildman–Crippen LogP) is -2.65. The second kappa shape index (κ2) is 6.56. The number of nitrogens with one attached hydrogen (secondary N) is 1. The molecule has 0 aromatic carbocycles. The predicted molar refractivity (Wildman–Crippen MR) is 83.4 cm³/mol. The average molecular weight is 404 g/mol. The van der Waals surface area contributed by atoms with Crippen molar-refractivity contribution in [2.24, 2.45) is 0 Å². The van der Waals surface area contributed by atoms with Crippen LogP contribution in [0.1, 0.15) is 0 Å². The number of hydrogen-bond acceptors (Lipinski definition) is 10. The van der Waals surface area contributed by atoms with E-state index in [1.165, 1.54) is 6.33 Å². The van der Waals surface area contributed by atoms with Crippen LogP contribution in [0.15, 0.2) is 17.8 Å². The number of nitrogens with zero attached hydrogens (tertiary/aromatic N) is 5. The van der Waals surface area contributed by atoms with Gasteiger partial charge < -0.3 is 14.6 Å². The minimum atomic E-state index is -3.95. The van der Waals surface area contributed by atoms with E-state index < -0.39 is 45.0 Å². The Morgan fingerprint density at radius 2 is 2.23 bits per heavy atom. The fourth-order valence-electron chi connectivity index (χ4n) is 2.46. The zero-order chi connectivity index (χ0) is 19.1. The summed E-state index contributed by atoms with van der Waals surface area (Å²) in [7, 11) is -3.95. The van der Waals surface area contributed by atoms with Crippen molar-refractivity contribution in [3.63, 3.8) is 0 Å². The van der Waals surface area contributed by atoms with Crippen LogP contribution in [0.3, 0.4) is 0 Å². The number of hydrogen-bond donors (Lipinski definition) is 2. The van der Waals surface area contributed by atoms with Crippen LogP contribution >= 0.6 is 11.8 Å². The Hall–Kier alpha value is -2.68. The van der Waals surface area contributed by atoms with Gasteiger partial charge in [0.25, 0.3) is 5.91 Å². The standard InChI is InChI=1S/C11H12N6O7S2/c1-26(22,23)24-5-3-25-10-7(9(19)17(10)8(5)11(20)21)13-6(18)2-16-4-12-14-15-16/h4,7,10H,2-3H2,1H3,(H,13,18)(H,20,21)/t7?,10-/m0/s1. The summed E-state index contributed by atoms with van der Waals surface area (Å²) in [5.41, 5.74) is -0.546. The van der Waals surface area contributed by atoms with Gasteiger partial charge in [-0.25, -0.2) is 9.48 Å². The van der Waals surface area contributed by atoms with Gasteiger partial charge in [-0.1, -0.05) is 0 Å². The zero-order valence-electron chi connectivity index (χ0n) is 13.1. The van der Waals surface area contributed by atoms with Gasteiger partial charge in [0, 0.05) is 0 Å². The van der Waals surface area contributed by atoms with Crippen molar-refractivity contribution in [2.45, 2.75) is 18.0 Å². The van der Waals surface area contributed by atoms with Gasteiger partial charge in [-0.2, -0.15) is 8.42 Å². The number of rotatable bonds is 6. The number of thioether (sulfide) groups is 1. The van der Waals surface area contributed by atoms with Gasteiger partial charge in [0.2, 0.25) is 5.91 Å². The third-order valence-corrected chi connectivity index (χ3v) is 5.16. The Morgan fingerprint density at radius 1 is 1.50 bits per heavy atom. The maximum atomic E-state index is 12.3. The molecule has 2 aliphatic rings. The molecule has 0 saturated carbocycles. The molecule has 0 radical (unpaired) electrons. The maximum absolute atomic E-state index is 12.3. The molecule has 3 rings (SSSR count). The van der Waals surface area contributed by atoms with Gasteiger partial charge in [-0.3, -0.25) is 14.5 Å². The van der Waals surface area contributed by atoms with Crippen LogP contribution in [0.2, 0.25) is 0 Å². The lowest BCUT2D eigenvalue weighted by molar-refractivity contribution is -0.151. The van der Waals surface area contributed by atoms with Crippen LogP contribution in [0.4, 0.5) is 0 Å². The van der Waals surface area contributed by atoms with Crippen molar-refractivity contribution in [1.29, 1.82) is 0 Å². The third-order valence-electron chi connectivity index (χ3n) is 3.40. The van der Waals surface area contributed by atoms with Crippen LogP contribution in [-0.2, 0) is 35.2 Å². The van der Waals surface area contributed by atoms with Crippen LogP contribution in [-0.4, -0.2) is 79.8 Å². The summed E-state index contributed by atoms with van der Waals surface area (Å²) in [5, 5.41) is 21.4. The van der Waals surface area contributed by atoms with E-state index in [0.29, 0.717) is 0 Å². The first-order valence-corrected chi connectivity index (χ1v) is 9.84. The summed E-state index contributed by atoms with van der Waals surface area (Å²) >= 11 is 1.08. The molecule has 2 atom stereocenters. The molecule has 2 N–H and O–H groups in total. The smallest absolute Gasteiger partial charge is 0.356 e. The summed E-state index contributed by atoms with van der Waals surface area (Å²) in [5.74, 6) is -3.13. The lowest BCUT2D eigenvalue weighted by Crippen LogP contribution is -2.70. The summed E-state index contributed by atoms with van der Waals surface area (Å²) in [6.07, 6.45) is 2.00. The lowest BCUT2D eigenvalue weighted by atomic mass is 10.0. The number of carbonyl (C=O) groups is 3. The summed E-state index contributed by atoms with van der Waals surface area (Å²) in [6.45, 7) is -0.210. The molecule has 1 saturated heterocycles. The molecule has 26 heavy (non-hydrogen) atoms. The molecule has 1 aromatic heterocycles. The van der Waals surface area contributed by atoms with E-state index in [-0.39, 0.29) is 18.1 Å². The van der Waals surface area contributed by atoms with Crippen molar-refractivity contribution in [1.82, 2.24) is 30.4 Å². The molecular weight excluding hydrogens is 392 g/mol. The highest BCUT2D eigenvalue weighted by Gasteiger charge is 2.55. The molecule has 1 fully saturated rings. The SMILES string of the molecule is CS(=O)(=O)OC1=C(C(=O)O)N2C(=O)C(NC(=O)Cn3cnnn3)[C@@H]2SC1. The van der Waals surface area contributed by atoms with Crippen LogP contribution in [0, 0.1) is 0 Å². The van der Waals surface area contributed by atoms with Gasteiger partial charge in [-0.05, 0) is 10.4 Å².